The van der Waals surface area contributed by atoms with Crippen LogP contribution in [0.2, 0.25) is 0 Å². The summed E-state index contributed by atoms with van der Waals surface area (Å²) in [4.78, 5) is 14.4. The summed E-state index contributed by atoms with van der Waals surface area (Å²) in [6, 6.07) is 5.37. The van der Waals surface area contributed by atoms with Gasteiger partial charge in [0.2, 0.25) is 0 Å². The van der Waals surface area contributed by atoms with Crippen molar-refractivity contribution in [2.45, 2.75) is 25.9 Å². The summed E-state index contributed by atoms with van der Waals surface area (Å²) in [5.74, 6) is 1.19. The first-order valence-electron chi connectivity index (χ1n) is 7.03. The van der Waals surface area contributed by atoms with E-state index in [0.29, 0.717) is 31.9 Å². The lowest BCUT2D eigenvalue weighted by atomic mass is 10.1. The zero-order valence-corrected chi connectivity index (χ0v) is 11.9. The summed E-state index contributed by atoms with van der Waals surface area (Å²) in [6.07, 6.45) is 1.89. The van der Waals surface area contributed by atoms with E-state index in [4.69, 9.17) is 13.7 Å². The highest BCUT2D eigenvalue weighted by Crippen LogP contribution is 2.17. The minimum Gasteiger partial charge on any atom is -0.461 e. The number of carbonyl (C=O) groups is 1. The van der Waals surface area contributed by atoms with Gasteiger partial charge in [0.15, 0.2) is 11.5 Å². The van der Waals surface area contributed by atoms with E-state index in [-0.39, 0.29) is 11.8 Å². The number of hydrogen-bond donors (Lipinski definition) is 0. The smallest absolute Gasteiger partial charge is 0.199 e. The van der Waals surface area contributed by atoms with Crippen molar-refractivity contribution in [3.63, 3.8) is 0 Å². The van der Waals surface area contributed by atoms with Gasteiger partial charge in [0, 0.05) is 31.6 Å². The number of Topliss-reactive ketones (excluding diaryl/α,β-unsaturated/α-hetero) is 1. The van der Waals surface area contributed by atoms with Gasteiger partial charge in [-0.2, -0.15) is 0 Å². The molecule has 3 rings (SSSR count). The summed E-state index contributed by atoms with van der Waals surface area (Å²) < 4.78 is 15.8. The summed E-state index contributed by atoms with van der Waals surface area (Å²) >= 11 is 0. The Hall–Kier alpha value is -1.92. The number of furan rings is 1. The molecule has 0 radical (unpaired) electrons. The zero-order valence-electron chi connectivity index (χ0n) is 11.9. The molecule has 1 fully saturated rings. The first-order valence-corrected chi connectivity index (χ1v) is 7.03. The van der Waals surface area contributed by atoms with Crippen LogP contribution in [0.4, 0.5) is 0 Å². The molecule has 0 N–H and O–H groups in total. The SMILES string of the molecule is Cc1cc(CN2CCOC[C@@H]2CC(=O)c2ccco2)no1. The molecular formula is C15H18N2O4. The lowest BCUT2D eigenvalue weighted by molar-refractivity contribution is -0.0136. The minimum atomic E-state index is -0.00293. The Morgan fingerprint density at radius 2 is 2.43 bits per heavy atom. The highest BCUT2D eigenvalue weighted by Gasteiger charge is 2.27. The largest absolute Gasteiger partial charge is 0.461 e. The number of ketones is 1. The van der Waals surface area contributed by atoms with E-state index in [2.05, 4.69) is 10.1 Å². The fraction of sp³-hybridized carbons (Fsp3) is 0.467. The molecule has 112 valence electrons. The molecule has 0 spiro atoms. The zero-order chi connectivity index (χ0) is 14.7. The summed E-state index contributed by atoms with van der Waals surface area (Å²) in [5.41, 5.74) is 0.879. The van der Waals surface area contributed by atoms with Crippen LogP contribution in [0.25, 0.3) is 0 Å². The molecule has 21 heavy (non-hydrogen) atoms. The van der Waals surface area contributed by atoms with Crippen molar-refractivity contribution in [1.29, 1.82) is 0 Å². The molecule has 0 aliphatic carbocycles. The molecule has 0 bridgehead atoms. The highest BCUT2D eigenvalue weighted by atomic mass is 16.5. The van der Waals surface area contributed by atoms with Gasteiger partial charge in [-0.25, -0.2) is 0 Å². The molecule has 1 atom stereocenters. The van der Waals surface area contributed by atoms with Crippen molar-refractivity contribution in [3.05, 3.63) is 41.7 Å². The average molecular weight is 290 g/mol. The van der Waals surface area contributed by atoms with Crippen molar-refractivity contribution in [2.75, 3.05) is 19.8 Å². The summed E-state index contributed by atoms with van der Waals surface area (Å²) in [6.45, 7) is 4.53. The van der Waals surface area contributed by atoms with Gasteiger partial charge >= 0.3 is 0 Å². The maximum Gasteiger partial charge on any atom is 0.199 e. The Bertz CT molecular complexity index is 591. The molecule has 0 aromatic carbocycles. The first-order chi connectivity index (χ1) is 10.2. The molecule has 6 heteroatoms. The molecule has 0 amide bonds. The first kappa shape index (κ1) is 14.0. The maximum atomic E-state index is 12.2. The Morgan fingerprint density at radius 3 is 3.14 bits per heavy atom. The molecule has 2 aromatic rings. The van der Waals surface area contributed by atoms with E-state index < -0.39 is 0 Å². The van der Waals surface area contributed by atoms with Gasteiger partial charge < -0.3 is 13.7 Å². The second kappa shape index (κ2) is 6.24. The number of aryl methyl sites for hydroxylation is 1. The number of aromatic nitrogens is 1. The van der Waals surface area contributed by atoms with Gasteiger partial charge in [0.05, 0.1) is 25.2 Å². The molecule has 1 aliphatic heterocycles. The molecule has 6 nitrogen and oxygen atoms in total. The second-order valence-corrected chi connectivity index (χ2v) is 5.23. The summed E-state index contributed by atoms with van der Waals surface area (Å²) in [5, 5.41) is 4.01. The van der Waals surface area contributed by atoms with E-state index in [0.717, 1.165) is 18.0 Å². The van der Waals surface area contributed by atoms with E-state index in [1.54, 1.807) is 12.1 Å². The quantitative estimate of drug-likeness (QED) is 0.785. The average Bonchev–Trinajstić information content (AvgIpc) is 3.13. The molecule has 0 saturated carbocycles. The number of morpholine rings is 1. The van der Waals surface area contributed by atoms with Gasteiger partial charge in [0.1, 0.15) is 5.76 Å². The van der Waals surface area contributed by atoms with Crippen molar-refractivity contribution in [1.82, 2.24) is 10.1 Å². The van der Waals surface area contributed by atoms with E-state index >= 15 is 0 Å². The van der Waals surface area contributed by atoms with Crippen molar-refractivity contribution in [3.8, 4) is 0 Å². The van der Waals surface area contributed by atoms with E-state index in [9.17, 15) is 4.79 Å². The van der Waals surface area contributed by atoms with Gasteiger partial charge in [-0.3, -0.25) is 9.69 Å². The van der Waals surface area contributed by atoms with Crippen LogP contribution in [0.1, 0.15) is 28.4 Å². The van der Waals surface area contributed by atoms with E-state index in [1.807, 2.05) is 13.0 Å². The Morgan fingerprint density at radius 1 is 1.52 bits per heavy atom. The van der Waals surface area contributed by atoms with Crippen molar-refractivity contribution in [2.24, 2.45) is 0 Å². The number of carbonyl (C=O) groups excluding carboxylic acids is 1. The molecule has 1 saturated heterocycles. The predicted molar refractivity (Wildman–Crippen MR) is 73.9 cm³/mol. The second-order valence-electron chi connectivity index (χ2n) is 5.23. The molecule has 1 aliphatic rings. The minimum absolute atomic E-state index is 0.00293. The van der Waals surface area contributed by atoms with Crippen LogP contribution < -0.4 is 0 Å². The predicted octanol–water partition coefficient (Wildman–Crippen LogP) is 2.05. The van der Waals surface area contributed by atoms with Gasteiger partial charge in [-0.05, 0) is 19.1 Å². The van der Waals surface area contributed by atoms with Crippen LogP contribution in [-0.2, 0) is 11.3 Å². The molecule has 2 aromatic heterocycles. The third kappa shape index (κ3) is 3.40. The van der Waals surface area contributed by atoms with Crippen LogP contribution >= 0.6 is 0 Å². The van der Waals surface area contributed by atoms with Crippen LogP contribution in [0.3, 0.4) is 0 Å². The molecular weight excluding hydrogens is 272 g/mol. The maximum absolute atomic E-state index is 12.2. The van der Waals surface area contributed by atoms with Gasteiger partial charge in [0.25, 0.3) is 0 Å². The third-order valence-electron chi connectivity index (χ3n) is 3.61. The van der Waals surface area contributed by atoms with Crippen LogP contribution in [0, 0.1) is 6.92 Å². The summed E-state index contributed by atoms with van der Waals surface area (Å²) in [7, 11) is 0. The standard InChI is InChI=1S/C15H18N2O4/c1-11-7-12(16-21-11)9-17-4-6-19-10-13(17)8-14(18)15-3-2-5-20-15/h2-3,5,7,13H,4,6,8-10H2,1H3/t13-/m0/s1. The van der Waals surface area contributed by atoms with E-state index in [1.165, 1.54) is 6.26 Å². The monoisotopic (exact) mass is 290 g/mol. The number of hydrogen-bond acceptors (Lipinski definition) is 6. The Labute approximate surface area is 122 Å². The lowest BCUT2D eigenvalue weighted by Gasteiger charge is -2.34. The fourth-order valence-electron chi connectivity index (χ4n) is 2.54. The van der Waals surface area contributed by atoms with Crippen molar-refractivity contribution < 1.29 is 18.5 Å². The fourth-order valence-corrected chi connectivity index (χ4v) is 2.54. The highest BCUT2D eigenvalue weighted by molar-refractivity contribution is 5.93. The Balaban J connectivity index is 1.65. The number of rotatable bonds is 5. The number of nitrogens with zero attached hydrogens (tertiary/aromatic N) is 2. The van der Waals surface area contributed by atoms with Gasteiger partial charge in [-0.15, -0.1) is 0 Å². The van der Waals surface area contributed by atoms with Crippen LogP contribution in [0.5, 0.6) is 0 Å². The van der Waals surface area contributed by atoms with Crippen LogP contribution in [-0.4, -0.2) is 41.6 Å². The van der Waals surface area contributed by atoms with Gasteiger partial charge in [-0.1, -0.05) is 5.16 Å². The topological polar surface area (TPSA) is 68.7 Å². The Kier molecular flexibility index (Phi) is 4.17. The molecule has 0 unspecified atom stereocenters. The third-order valence-corrected chi connectivity index (χ3v) is 3.61. The lowest BCUT2D eigenvalue weighted by Crippen LogP contribution is -2.45. The van der Waals surface area contributed by atoms with Crippen LogP contribution in [0.15, 0.2) is 33.4 Å². The number of ether oxygens (including phenoxy) is 1. The molecule has 3 heterocycles. The normalized spacial score (nSPS) is 19.8. The van der Waals surface area contributed by atoms with Crippen molar-refractivity contribution >= 4 is 5.78 Å².